The summed E-state index contributed by atoms with van der Waals surface area (Å²) in [5.74, 6) is 0.613. The van der Waals surface area contributed by atoms with Gasteiger partial charge in [-0.2, -0.15) is 5.10 Å². The van der Waals surface area contributed by atoms with Crippen molar-refractivity contribution in [1.29, 1.82) is 0 Å². The molecule has 1 saturated heterocycles. The molecule has 1 aromatic rings. The summed E-state index contributed by atoms with van der Waals surface area (Å²) >= 11 is 0. The third kappa shape index (κ3) is 3.30. The van der Waals surface area contributed by atoms with Crippen molar-refractivity contribution >= 4 is 11.6 Å². The number of aromatic amines is 1. The van der Waals surface area contributed by atoms with Crippen molar-refractivity contribution in [3.63, 3.8) is 0 Å². The summed E-state index contributed by atoms with van der Waals surface area (Å²) in [5.41, 5.74) is 7.59. The summed E-state index contributed by atoms with van der Waals surface area (Å²) in [6, 6.07) is 0. The average Bonchev–Trinajstić information content (AvgIpc) is 2.80. The number of nitrogens with zero attached hydrogens (tertiary/aromatic N) is 2. The number of nitrogen functional groups attached to an aromatic ring is 1. The summed E-state index contributed by atoms with van der Waals surface area (Å²) in [6.45, 7) is 6.94. The molecule has 6 heteroatoms. The van der Waals surface area contributed by atoms with Crippen LogP contribution in [0, 0.1) is 5.92 Å². The van der Waals surface area contributed by atoms with Crippen molar-refractivity contribution in [2.75, 3.05) is 32.4 Å². The number of piperidine rings is 1. The minimum absolute atomic E-state index is 0.176. The Morgan fingerprint density at radius 3 is 2.70 bits per heavy atom. The number of anilines is 1. The van der Waals surface area contributed by atoms with Crippen LogP contribution in [-0.4, -0.2) is 47.7 Å². The van der Waals surface area contributed by atoms with Gasteiger partial charge in [-0.1, -0.05) is 13.8 Å². The fraction of sp³-hybridized carbons (Fsp3) is 0.714. The van der Waals surface area contributed by atoms with E-state index in [4.69, 9.17) is 5.73 Å². The Labute approximate surface area is 120 Å². The van der Waals surface area contributed by atoms with Crippen LogP contribution in [0.4, 0.5) is 5.69 Å². The Kier molecular flexibility index (Phi) is 4.65. The maximum absolute atomic E-state index is 12.1. The van der Waals surface area contributed by atoms with Gasteiger partial charge in [0.2, 0.25) is 0 Å². The van der Waals surface area contributed by atoms with E-state index in [1.54, 1.807) is 0 Å². The highest BCUT2D eigenvalue weighted by molar-refractivity contribution is 5.97. The second-order valence-corrected chi connectivity index (χ2v) is 6.01. The molecule has 4 N–H and O–H groups in total. The third-order valence-corrected chi connectivity index (χ3v) is 4.02. The van der Waals surface area contributed by atoms with E-state index in [2.05, 4.69) is 27.5 Å². The average molecular weight is 279 g/mol. The fourth-order valence-electron chi connectivity index (χ4n) is 2.56. The molecule has 0 spiro atoms. The molecule has 1 aromatic heterocycles. The number of likely N-dealkylation sites (tertiary alicyclic amines) is 1. The monoisotopic (exact) mass is 279 g/mol. The number of rotatable bonds is 4. The van der Waals surface area contributed by atoms with Crippen LogP contribution in [-0.2, 0) is 0 Å². The van der Waals surface area contributed by atoms with Gasteiger partial charge in [-0.3, -0.25) is 9.89 Å². The molecule has 0 unspecified atom stereocenters. The quantitative estimate of drug-likeness (QED) is 0.772. The van der Waals surface area contributed by atoms with Crippen LogP contribution in [0.1, 0.15) is 48.8 Å². The predicted molar refractivity (Wildman–Crippen MR) is 79.6 cm³/mol. The van der Waals surface area contributed by atoms with Gasteiger partial charge in [0.05, 0.1) is 11.4 Å². The molecule has 6 nitrogen and oxygen atoms in total. The lowest BCUT2D eigenvalue weighted by Gasteiger charge is -2.28. The molecule has 1 aliphatic heterocycles. The summed E-state index contributed by atoms with van der Waals surface area (Å²) < 4.78 is 0. The highest BCUT2D eigenvalue weighted by atomic mass is 16.1. The smallest absolute Gasteiger partial charge is 0.273 e. The number of nitrogens with two attached hydrogens (primary N) is 1. The van der Waals surface area contributed by atoms with Gasteiger partial charge in [-0.15, -0.1) is 0 Å². The van der Waals surface area contributed by atoms with E-state index >= 15 is 0 Å². The molecule has 1 amide bonds. The number of nitrogens with one attached hydrogen (secondary N) is 2. The number of hydrogen-bond acceptors (Lipinski definition) is 4. The molecular formula is C14H25N5O. The van der Waals surface area contributed by atoms with Crippen molar-refractivity contribution < 1.29 is 4.79 Å². The van der Waals surface area contributed by atoms with Gasteiger partial charge >= 0.3 is 0 Å². The zero-order valence-electron chi connectivity index (χ0n) is 12.6. The zero-order valence-corrected chi connectivity index (χ0v) is 12.6. The maximum Gasteiger partial charge on any atom is 0.273 e. The SMILES string of the molecule is CC(C)c1[nH]nc(C(=O)NCC2CCN(C)CC2)c1N. The van der Waals surface area contributed by atoms with Gasteiger partial charge in [0, 0.05) is 6.54 Å². The number of H-pyrrole nitrogens is 1. The molecule has 0 bridgehead atoms. The molecule has 2 rings (SSSR count). The maximum atomic E-state index is 12.1. The standard InChI is InChI=1S/C14H25N5O/c1-9(2)12-11(15)13(18-17-12)14(20)16-8-10-4-6-19(3)7-5-10/h9-10H,4-8,15H2,1-3H3,(H,16,20)(H,17,18). The Morgan fingerprint density at radius 1 is 1.50 bits per heavy atom. The first-order valence-corrected chi connectivity index (χ1v) is 7.29. The Balaban J connectivity index is 1.89. The molecule has 112 valence electrons. The second kappa shape index (κ2) is 6.26. The Hall–Kier alpha value is -1.56. The highest BCUT2D eigenvalue weighted by Crippen LogP contribution is 2.22. The van der Waals surface area contributed by atoms with Crippen molar-refractivity contribution in [3.8, 4) is 0 Å². The normalized spacial score (nSPS) is 17.6. The lowest BCUT2D eigenvalue weighted by Crippen LogP contribution is -2.37. The van der Waals surface area contributed by atoms with E-state index in [1.165, 1.54) is 0 Å². The van der Waals surface area contributed by atoms with Gasteiger partial charge in [0.25, 0.3) is 5.91 Å². The van der Waals surface area contributed by atoms with Crippen molar-refractivity contribution in [3.05, 3.63) is 11.4 Å². The van der Waals surface area contributed by atoms with Crippen LogP contribution in [0.5, 0.6) is 0 Å². The molecule has 1 aliphatic rings. The summed E-state index contributed by atoms with van der Waals surface area (Å²) in [7, 11) is 2.13. The summed E-state index contributed by atoms with van der Waals surface area (Å²) in [6.07, 6.45) is 2.26. The van der Waals surface area contributed by atoms with E-state index in [9.17, 15) is 4.79 Å². The molecule has 20 heavy (non-hydrogen) atoms. The Morgan fingerprint density at radius 2 is 2.15 bits per heavy atom. The second-order valence-electron chi connectivity index (χ2n) is 6.01. The van der Waals surface area contributed by atoms with Crippen LogP contribution < -0.4 is 11.1 Å². The summed E-state index contributed by atoms with van der Waals surface area (Å²) in [5, 5.41) is 9.85. The van der Waals surface area contributed by atoms with E-state index in [0.29, 0.717) is 23.8 Å². The molecule has 2 heterocycles. The Bertz CT molecular complexity index is 460. The van der Waals surface area contributed by atoms with E-state index in [1.807, 2.05) is 13.8 Å². The molecule has 0 aromatic carbocycles. The first-order chi connectivity index (χ1) is 9.49. The van der Waals surface area contributed by atoms with Crippen molar-refractivity contribution in [2.45, 2.75) is 32.6 Å². The zero-order chi connectivity index (χ0) is 14.7. The number of carbonyl (C=O) groups excluding carboxylic acids is 1. The lowest BCUT2D eigenvalue weighted by atomic mass is 9.97. The topological polar surface area (TPSA) is 87.0 Å². The largest absolute Gasteiger partial charge is 0.395 e. The lowest BCUT2D eigenvalue weighted by molar-refractivity contribution is 0.0935. The van der Waals surface area contributed by atoms with Crippen LogP contribution in [0.15, 0.2) is 0 Å². The number of aromatic nitrogens is 2. The van der Waals surface area contributed by atoms with E-state index in [-0.39, 0.29) is 11.8 Å². The molecule has 0 radical (unpaired) electrons. The third-order valence-electron chi connectivity index (χ3n) is 4.02. The van der Waals surface area contributed by atoms with Gasteiger partial charge in [0.1, 0.15) is 0 Å². The minimum atomic E-state index is -0.176. The minimum Gasteiger partial charge on any atom is -0.395 e. The molecule has 0 atom stereocenters. The number of hydrogen-bond donors (Lipinski definition) is 3. The molecular weight excluding hydrogens is 254 g/mol. The van der Waals surface area contributed by atoms with Gasteiger partial charge in [-0.05, 0) is 44.8 Å². The van der Waals surface area contributed by atoms with E-state index in [0.717, 1.165) is 31.6 Å². The van der Waals surface area contributed by atoms with Crippen LogP contribution in [0.25, 0.3) is 0 Å². The van der Waals surface area contributed by atoms with Crippen LogP contribution in [0.3, 0.4) is 0 Å². The van der Waals surface area contributed by atoms with Gasteiger partial charge in [-0.25, -0.2) is 0 Å². The predicted octanol–water partition coefficient (Wildman–Crippen LogP) is 1.19. The first-order valence-electron chi connectivity index (χ1n) is 7.29. The van der Waals surface area contributed by atoms with Gasteiger partial charge < -0.3 is 16.0 Å². The van der Waals surface area contributed by atoms with Gasteiger partial charge in [0.15, 0.2) is 5.69 Å². The molecule has 0 saturated carbocycles. The molecule has 1 fully saturated rings. The van der Waals surface area contributed by atoms with Crippen molar-refractivity contribution in [1.82, 2.24) is 20.4 Å². The van der Waals surface area contributed by atoms with Crippen LogP contribution in [0.2, 0.25) is 0 Å². The highest BCUT2D eigenvalue weighted by Gasteiger charge is 2.21. The fourth-order valence-corrected chi connectivity index (χ4v) is 2.56. The van der Waals surface area contributed by atoms with Crippen LogP contribution >= 0.6 is 0 Å². The van der Waals surface area contributed by atoms with E-state index < -0.39 is 0 Å². The number of carbonyl (C=O) groups is 1. The first kappa shape index (κ1) is 14.8. The summed E-state index contributed by atoms with van der Waals surface area (Å²) in [4.78, 5) is 14.4. The number of amides is 1. The van der Waals surface area contributed by atoms with Crippen molar-refractivity contribution in [2.24, 2.45) is 5.92 Å². The molecule has 0 aliphatic carbocycles.